The van der Waals surface area contributed by atoms with Crippen LogP contribution in [0.5, 0.6) is 0 Å². The Labute approximate surface area is 117 Å². The molecule has 0 N–H and O–H groups in total. The standard InChI is InChI=1S/C15H17NO2S/c1-9-5-6-10(2)12(7-9)8-13-16-11(3)14(19-13)15(17)18-4/h5-7H,8H2,1-4H3. The van der Waals surface area contributed by atoms with Crippen LogP contribution in [0.2, 0.25) is 0 Å². The molecule has 0 fully saturated rings. The minimum Gasteiger partial charge on any atom is -0.465 e. The maximum Gasteiger partial charge on any atom is 0.349 e. The summed E-state index contributed by atoms with van der Waals surface area (Å²) in [5.41, 5.74) is 4.49. The molecule has 100 valence electrons. The largest absolute Gasteiger partial charge is 0.465 e. The Morgan fingerprint density at radius 2 is 2.05 bits per heavy atom. The molecule has 0 unspecified atom stereocenters. The second-order valence-electron chi connectivity index (χ2n) is 4.62. The number of aromatic nitrogens is 1. The summed E-state index contributed by atoms with van der Waals surface area (Å²) < 4.78 is 4.75. The Kier molecular flexibility index (Phi) is 4.00. The third-order valence-electron chi connectivity index (χ3n) is 3.06. The van der Waals surface area contributed by atoms with Crippen molar-refractivity contribution >= 4 is 17.3 Å². The van der Waals surface area contributed by atoms with E-state index in [2.05, 4.69) is 37.0 Å². The summed E-state index contributed by atoms with van der Waals surface area (Å²) in [7, 11) is 1.39. The third-order valence-corrected chi connectivity index (χ3v) is 4.20. The van der Waals surface area contributed by atoms with Crippen molar-refractivity contribution in [2.45, 2.75) is 27.2 Å². The fourth-order valence-corrected chi connectivity index (χ4v) is 2.97. The Balaban J connectivity index is 2.29. The number of carbonyl (C=O) groups is 1. The first-order chi connectivity index (χ1) is 9.01. The minimum atomic E-state index is -0.304. The van der Waals surface area contributed by atoms with E-state index in [-0.39, 0.29) is 5.97 Å². The Morgan fingerprint density at radius 3 is 2.74 bits per heavy atom. The monoisotopic (exact) mass is 275 g/mol. The zero-order valence-corrected chi connectivity index (χ0v) is 12.4. The predicted octanol–water partition coefficient (Wildman–Crippen LogP) is 3.45. The van der Waals surface area contributed by atoms with E-state index in [0.29, 0.717) is 4.88 Å². The summed E-state index contributed by atoms with van der Waals surface area (Å²) in [6.07, 6.45) is 0.760. The van der Waals surface area contributed by atoms with Gasteiger partial charge in [0.15, 0.2) is 0 Å². The molecule has 0 aliphatic carbocycles. The molecule has 0 aliphatic heterocycles. The highest BCUT2D eigenvalue weighted by atomic mass is 32.1. The summed E-state index contributed by atoms with van der Waals surface area (Å²) in [4.78, 5) is 16.6. The molecule has 0 saturated heterocycles. The number of methoxy groups -OCH3 is 1. The maximum absolute atomic E-state index is 11.6. The first-order valence-electron chi connectivity index (χ1n) is 6.12. The number of esters is 1. The van der Waals surface area contributed by atoms with Crippen LogP contribution in [0.4, 0.5) is 0 Å². The van der Waals surface area contributed by atoms with E-state index < -0.39 is 0 Å². The fraction of sp³-hybridized carbons (Fsp3) is 0.333. The number of ether oxygens (including phenoxy) is 1. The van der Waals surface area contributed by atoms with Gasteiger partial charge in [-0.1, -0.05) is 23.8 Å². The van der Waals surface area contributed by atoms with Crippen LogP contribution in [-0.2, 0) is 11.2 Å². The lowest BCUT2D eigenvalue weighted by Crippen LogP contribution is -1.99. The summed E-state index contributed by atoms with van der Waals surface area (Å²) in [5, 5.41) is 0.951. The minimum absolute atomic E-state index is 0.304. The van der Waals surface area contributed by atoms with Crippen LogP contribution < -0.4 is 0 Å². The molecular weight excluding hydrogens is 258 g/mol. The Hall–Kier alpha value is -1.68. The zero-order chi connectivity index (χ0) is 14.0. The molecule has 1 heterocycles. The Morgan fingerprint density at radius 1 is 1.32 bits per heavy atom. The molecule has 0 atom stereocenters. The van der Waals surface area contributed by atoms with Gasteiger partial charge in [-0.3, -0.25) is 0 Å². The molecule has 0 saturated carbocycles. The summed E-state index contributed by atoms with van der Waals surface area (Å²) in [6, 6.07) is 6.39. The molecule has 2 aromatic rings. The maximum atomic E-state index is 11.6. The molecule has 0 aliphatic rings. The van der Waals surface area contributed by atoms with Crippen molar-refractivity contribution in [2.24, 2.45) is 0 Å². The van der Waals surface area contributed by atoms with E-state index in [1.165, 1.54) is 35.1 Å². The summed E-state index contributed by atoms with van der Waals surface area (Å²) >= 11 is 1.42. The fourth-order valence-electron chi connectivity index (χ4n) is 1.96. The molecule has 0 spiro atoms. The normalized spacial score (nSPS) is 10.5. The number of hydrogen-bond acceptors (Lipinski definition) is 4. The first kappa shape index (κ1) is 13.7. The van der Waals surface area contributed by atoms with Crippen LogP contribution in [0.3, 0.4) is 0 Å². The first-order valence-corrected chi connectivity index (χ1v) is 6.93. The van der Waals surface area contributed by atoms with Gasteiger partial charge < -0.3 is 4.74 Å². The highest BCUT2D eigenvalue weighted by Crippen LogP contribution is 2.23. The van der Waals surface area contributed by atoms with E-state index in [0.717, 1.165) is 17.1 Å². The smallest absolute Gasteiger partial charge is 0.349 e. The molecule has 0 radical (unpaired) electrons. The van der Waals surface area contributed by atoms with E-state index in [1.807, 2.05) is 6.92 Å². The van der Waals surface area contributed by atoms with Crippen molar-refractivity contribution in [3.63, 3.8) is 0 Å². The lowest BCUT2D eigenvalue weighted by Gasteiger charge is -2.04. The molecule has 3 nitrogen and oxygen atoms in total. The van der Waals surface area contributed by atoms with Crippen LogP contribution in [0.15, 0.2) is 18.2 Å². The highest BCUT2D eigenvalue weighted by molar-refractivity contribution is 7.13. The lowest BCUT2D eigenvalue weighted by atomic mass is 10.0. The van der Waals surface area contributed by atoms with Gasteiger partial charge >= 0.3 is 5.97 Å². The van der Waals surface area contributed by atoms with Gasteiger partial charge in [0.05, 0.1) is 17.8 Å². The summed E-state index contributed by atoms with van der Waals surface area (Å²) in [5.74, 6) is -0.304. The SMILES string of the molecule is COC(=O)c1sc(Cc2cc(C)ccc2C)nc1C. The molecule has 4 heteroatoms. The van der Waals surface area contributed by atoms with Crippen molar-refractivity contribution in [2.75, 3.05) is 7.11 Å². The zero-order valence-electron chi connectivity index (χ0n) is 11.6. The average Bonchev–Trinajstić information content (AvgIpc) is 2.74. The van der Waals surface area contributed by atoms with Gasteiger partial charge in [0.2, 0.25) is 0 Å². The summed E-state index contributed by atoms with van der Waals surface area (Å²) in [6.45, 7) is 6.02. The van der Waals surface area contributed by atoms with Crippen molar-refractivity contribution in [1.29, 1.82) is 0 Å². The second-order valence-corrected chi connectivity index (χ2v) is 5.70. The van der Waals surface area contributed by atoms with E-state index in [1.54, 1.807) is 0 Å². The van der Waals surface area contributed by atoms with Crippen LogP contribution in [0.25, 0.3) is 0 Å². The van der Waals surface area contributed by atoms with Crippen molar-refractivity contribution in [3.05, 3.63) is 50.5 Å². The number of nitrogens with zero attached hydrogens (tertiary/aromatic N) is 1. The highest BCUT2D eigenvalue weighted by Gasteiger charge is 2.16. The average molecular weight is 275 g/mol. The second kappa shape index (κ2) is 5.53. The van der Waals surface area contributed by atoms with Crippen molar-refractivity contribution in [1.82, 2.24) is 4.98 Å². The molecule has 1 aromatic heterocycles. The third kappa shape index (κ3) is 3.01. The molecule has 1 aromatic carbocycles. The van der Waals surface area contributed by atoms with Gasteiger partial charge in [-0.2, -0.15) is 0 Å². The van der Waals surface area contributed by atoms with Gasteiger partial charge in [0.25, 0.3) is 0 Å². The van der Waals surface area contributed by atoms with Crippen LogP contribution in [0.1, 0.15) is 37.1 Å². The van der Waals surface area contributed by atoms with Gasteiger partial charge in [-0.05, 0) is 31.9 Å². The molecular formula is C15H17NO2S. The van der Waals surface area contributed by atoms with Gasteiger partial charge in [0.1, 0.15) is 4.88 Å². The lowest BCUT2D eigenvalue weighted by molar-refractivity contribution is 0.0605. The number of carbonyl (C=O) groups excluding carboxylic acids is 1. The quantitative estimate of drug-likeness (QED) is 0.805. The number of thiazole rings is 1. The number of aryl methyl sites for hydroxylation is 3. The van der Waals surface area contributed by atoms with Crippen molar-refractivity contribution in [3.8, 4) is 0 Å². The van der Waals surface area contributed by atoms with E-state index >= 15 is 0 Å². The van der Waals surface area contributed by atoms with Gasteiger partial charge in [0, 0.05) is 6.42 Å². The van der Waals surface area contributed by atoms with E-state index in [4.69, 9.17) is 4.74 Å². The predicted molar refractivity (Wildman–Crippen MR) is 76.9 cm³/mol. The number of rotatable bonds is 3. The molecule has 19 heavy (non-hydrogen) atoms. The van der Waals surface area contributed by atoms with E-state index in [9.17, 15) is 4.79 Å². The molecule has 2 rings (SSSR count). The van der Waals surface area contributed by atoms with Gasteiger partial charge in [-0.25, -0.2) is 9.78 Å². The van der Waals surface area contributed by atoms with Crippen molar-refractivity contribution < 1.29 is 9.53 Å². The van der Waals surface area contributed by atoms with Crippen LogP contribution in [-0.4, -0.2) is 18.1 Å². The topological polar surface area (TPSA) is 39.2 Å². The van der Waals surface area contributed by atoms with Crippen LogP contribution in [0, 0.1) is 20.8 Å². The molecule has 0 bridgehead atoms. The van der Waals surface area contributed by atoms with Gasteiger partial charge in [-0.15, -0.1) is 11.3 Å². The molecule has 0 amide bonds. The number of hydrogen-bond donors (Lipinski definition) is 0. The van der Waals surface area contributed by atoms with Crippen LogP contribution >= 0.6 is 11.3 Å². The number of benzene rings is 1. The Bertz CT molecular complexity index is 617.